The number of nitrogens with one attached hydrogen (secondary N) is 1. The van der Waals surface area contributed by atoms with E-state index in [1.165, 1.54) is 308 Å². The van der Waals surface area contributed by atoms with Gasteiger partial charge in [0.15, 0.2) is 0 Å². The van der Waals surface area contributed by atoms with E-state index in [0.717, 1.165) is 44.9 Å². The number of carbonyl (C=O) groups is 2. The van der Waals surface area contributed by atoms with Crippen LogP contribution < -0.4 is 5.32 Å². The molecule has 6 heteroatoms. The highest BCUT2D eigenvalue weighted by Crippen LogP contribution is 2.18. The van der Waals surface area contributed by atoms with Gasteiger partial charge in [-0.15, -0.1) is 0 Å². The van der Waals surface area contributed by atoms with Crippen molar-refractivity contribution in [1.29, 1.82) is 0 Å². The summed E-state index contributed by atoms with van der Waals surface area (Å²) < 4.78 is 5.49. The number of ether oxygens (including phenoxy) is 1. The number of aliphatic hydroxyl groups is 2. The molecule has 1 amide bonds. The predicted octanol–water partition coefficient (Wildman–Crippen LogP) is 21.8. The SMILES string of the molecule is CCCCCCCCC/C=C\CCCCCCCC(=O)OCCCCCCCCCCCCCCCCCCCCCCCCC(=O)NC(CO)C(O)/C=C/CCCCCCCCCCCCCCCCCCCC. The zero-order valence-corrected chi connectivity index (χ0v) is 50.8. The van der Waals surface area contributed by atoms with Gasteiger partial charge in [0.1, 0.15) is 0 Å². The standard InChI is InChI=1S/C69H133NO5/c1-3-5-7-9-11-13-15-17-19-21-22-27-30-33-37-41-45-49-53-57-61-67(72)66(65-71)70-68(73)62-58-54-50-46-42-38-34-31-28-25-23-24-26-29-32-36-40-44-48-52-56-60-64-75-69(74)63-59-55-51-47-43-39-35-20-18-16-14-12-10-8-6-4-2/h20,35,57,61,66-67,71-72H,3-19,21-34,36-56,58-60,62-65H2,1-2H3,(H,70,73)/b35-20-,61-57+. The lowest BCUT2D eigenvalue weighted by Gasteiger charge is -2.20. The zero-order chi connectivity index (χ0) is 54.3. The van der Waals surface area contributed by atoms with Gasteiger partial charge < -0.3 is 20.3 Å². The molecule has 2 atom stereocenters. The molecule has 0 rings (SSSR count). The molecule has 0 heterocycles. The van der Waals surface area contributed by atoms with E-state index in [2.05, 4.69) is 31.3 Å². The number of hydrogen-bond acceptors (Lipinski definition) is 5. The first-order valence-electron chi connectivity index (χ1n) is 34.1. The first kappa shape index (κ1) is 73.3. The van der Waals surface area contributed by atoms with Crippen LogP contribution in [0.5, 0.6) is 0 Å². The van der Waals surface area contributed by atoms with Gasteiger partial charge in [-0.05, 0) is 57.8 Å². The highest BCUT2D eigenvalue weighted by atomic mass is 16.5. The molecule has 444 valence electrons. The number of unbranched alkanes of at least 4 members (excludes halogenated alkanes) is 51. The van der Waals surface area contributed by atoms with Gasteiger partial charge in [-0.1, -0.05) is 334 Å². The fraction of sp³-hybridized carbons (Fsp3) is 0.913. The molecule has 6 nitrogen and oxygen atoms in total. The molecule has 0 radical (unpaired) electrons. The van der Waals surface area contributed by atoms with Crippen LogP contribution in [0.4, 0.5) is 0 Å². The quantitative estimate of drug-likeness (QED) is 0.0320. The number of allylic oxidation sites excluding steroid dienone is 3. The van der Waals surface area contributed by atoms with E-state index in [9.17, 15) is 19.8 Å². The van der Waals surface area contributed by atoms with E-state index in [1.807, 2.05) is 6.08 Å². The average Bonchev–Trinajstić information content (AvgIpc) is 3.41. The van der Waals surface area contributed by atoms with Crippen molar-refractivity contribution >= 4 is 11.9 Å². The van der Waals surface area contributed by atoms with E-state index in [0.29, 0.717) is 19.4 Å². The Morgan fingerprint density at radius 1 is 0.360 bits per heavy atom. The van der Waals surface area contributed by atoms with Crippen LogP contribution in [0, 0.1) is 0 Å². The maximum absolute atomic E-state index is 12.5. The molecular formula is C69H133NO5. The molecule has 0 saturated carbocycles. The number of rotatable bonds is 64. The third-order valence-corrected chi connectivity index (χ3v) is 16.0. The van der Waals surface area contributed by atoms with E-state index in [1.54, 1.807) is 6.08 Å². The van der Waals surface area contributed by atoms with Crippen LogP contribution in [0.15, 0.2) is 24.3 Å². The minimum absolute atomic E-state index is 0.00608. The molecule has 75 heavy (non-hydrogen) atoms. The maximum atomic E-state index is 12.5. The summed E-state index contributed by atoms with van der Waals surface area (Å²) in [6.45, 7) is 4.93. The predicted molar refractivity (Wildman–Crippen MR) is 329 cm³/mol. The van der Waals surface area contributed by atoms with E-state index < -0.39 is 12.1 Å². The molecule has 0 spiro atoms. The van der Waals surface area contributed by atoms with Crippen molar-refractivity contribution in [2.24, 2.45) is 0 Å². The van der Waals surface area contributed by atoms with Crippen molar-refractivity contribution in [1.82, 2.24) is 5.32 Å². The molecule has 0 aliphatic rings. The minimum atomic E-state index is -0.845. The van der Waals surface area contributed by atoms with Crippen molar-refractivity contribution in [2.45, 2.75) is 392 Å². The molecule has 0 fully saturated rings. The van der Waals surface area contributed by atoms with Crippen molar-refractivity contribution in [3.63, 3.8) is 0 Å². The third-order valence-electron chi connectivity index (χ3n) is 16.0. The van der Waals surface area contributed by atoms with E-state index >= 15 is 0 Å². The number of hydrogen-bond donors (Lipinski definition) is 3. The molecular weight excluding hydrogens is 923 g/mol. The van der Waals surface area contributed by atoms with E-state index in [4.69, 9.17) is 4.74 Å². The lowest BCUT2D eigenvalue weighted by atomic mass is 10.0. The molecule has 0 aromatic rings. The first-order valence-corrected chi connectivity index (χ1v) is 34.1. The summed E-state index contributed by atoms with van der Waals surface area (Å²) in [6, 6.07) is -0.629. The first-order chi connectivity index (χ1) is 37.0. The molecule has 2 unspecified atom stereocenters. The summed E-state index contributed by atoms with van der Waals surface area (Å²) in [5, 5.41) is 23.2. The summed E-state index contributed by atoms with van der Waals surface area (Å²) in [5.74, 6) is -0.0585. The van der Waals surface area contributed by atoms with Crippen molar-refractivity contribution < 1.29 is 24.5 Å². The van der Waals surface area contributed by atoms with Gasteiger partial charge in [0.25, 0.3) is 0 Å². The highest BCUT2D eigenvalue weighted by Gasteiger charge is 2.18. The number of aliphatic hydroxyl groups excluding tert-OH is 2. The summed E-state index contributed by atoms with van der Waals surface area (Å²) in [5.41, 5.74) is 0. The minimum Gasteiger partial charge on any atom is -0.466 e. The Labute approximate surface area is 469 Å². The Hall–Kier alpha value is -1.66. The molecule has 3 N–H and O–H groups in total. The fourth-order valence-corrected chi connectivity index (χ4v) is 10.7. The van der Waals surface area contributed by atoms with Crippen LogP contribution in [0.1, 0.15) is 380 Å². The van der Waals surface area contributed by atoms with Gasteiger partial charge in [0.2, 0.25) is 5.91 Å². The van der Waals surface area contributed by atoms with Gasteiger partial charge in [-0.3, -0.25) is 9.59 Å². The largest absolute Gasteiger partial charge is 0.466 e. The average molecular weight is 1060 g/mol. The van der Waals surface area contributed by atoms with Crippen LogP contribution in [-0.2, 0) is 14.3 Å². The van der Waals surface area contributed by atoms with Crippen molar-refractivity contribution in [2.75, 3.05) is 13.2 Å². The molecule has 0 bridgehead atoms. The second kappa shape index (κ2) is 64.9. The molecule has 0 aromatic carbocycles. The van der Waals surface area contributed by atoms with E-state index in [-0.39, 0.29) is 18.5 Å². The van der Waals surface area contributed by atoms with Gasteiger partial charge >= 0.3 is 5.97 Å². The second-order valence-electron chi connectivity index (χ2n) is 23.5. The fourth-order valence-electron chi connectivity index (χ4n) is 10.7. The maximum Gasteiger partial charge on any atom is 0.305 e. The summed E-state index contributed by atoms with van der Waals surface area (Å²) in [4.78, 5) is 24.6. The van der Waals surface area contributed by atoms with Crippen LogP contribution in [0.25, 0.3) is 0 Å². The zero-order valence-electron chi connectivity index (χ0n) is 50.8. The number of amides is 1. The molecule has 0 saturated heterocycles. The van der Waals surface area contributed by atoms with Crippen molar-refractivity contribution in [3.05, 3.63) is 24.3 Å². The van der Waals surface area contributed by atoms with Crippen LogP contribution in [-0.4, -0.2) is 47.4 Å². The third kappa shape index (κ3) is 61.4. The van der Waals surface area contributed by atoms with Gasteiger partial charge in [-0.25, -0.2) is 0 Å². The van der Waals surface area contributed by atoms with Crippen LogP contribution >= 0.6 is 0 Å². The van der Waals surface area contributed by atoms with Crippen LogP contribution in [0.2, 0.25) is 0 Å². The number of esters is 1. The Bertz CT molecular complexity index is 1170. The molecule has 0 aliphatic carbocycles. The lowest BCUT2D eigenvalue weighted by molar-refractivity contribution is -0.143. The van der Waals surface area contributed by atoms with Crippen LogP contribution in [0.3, 0.4) is 0 Å². The Kier molecular flexibility index (Phi) is 63.4. The monoisotopic (exact) mass is 1060 g/mol. The normalized spacial score (nSPS) is 12.6. The smallest absolute Gasteiger partial charge is 0.305 e. The highest BCUT2D eigenvalue weighted by molar-refractivity contribution is 5.76. The Balaban J connectivity index is 3.40. The van der Waals surface area contributed by atoms with Gasteiger partial charge in [0.05, 0.1) is 25.4 Å². The lowest BCUT2D eigenvalue weighted by Crippen LogP contribution is -2.45. The Morgan fingerprint density at radius 3 is 0.947 bits per heavy atom. The summed E-state index contributed by atoms with van der Waals surface area (Å²) >= 11 is 0. The number of carbonyl (C=O) groups excluding carboxylic acids is 2. The second-order valence-corrected chi connectivity index (χ2v) is 23.5. The van der Waals surface area contributed by atoms with Gasteiger partial charge in [-0.2, -0.15) is 0 Å². The topological polar surface area (TPSA) is 95.9 Å². The van der Waals surface area contributed by atoms with Gasteiger partial charge in [0, 0.05) is 12.8 Å². The summed E-state index contributed by atoms with van der Waals surface area (Å²) in [6.07, 6.45) is 80.9. The van der Waals surface area contributed by atoms with Crippen molar-refractivity contribution in [3.8, 4) is 0 Å². The summed E-state index contributed by atoms with van der Waals surface area (Å²) in [7, 11) is 0. The molecule has 0 aliphatic heterocycles. The Morgan fingerprint density at radius 2 is 0.627 bits per heavy atom. The molecule has 0 aromatic heterocycles.